The second-order valence-electron chi connectivity index (χ2n) is 6.31. The van der Waals surface area contributed by atoms with E-state index in [0.717, 1.165) is 37.0 Å². The maximum absolute atomic E-state index is 5.88. The summed E-state index contributed by atoms with van der Waals surface area (Å²) in [7, 11) is 0. The summed E-state index contributed by atoms with van der Waals surface area (Å²) in [4.78, 5) is 4.86. The number of anilines is 3. The highest BCUT2D eigenvalue weighted by molar-refractivity contribution is 5.92. The normalized spacial score (nSPS) is 15.0. The minimum Gasteiger partial charge on any atom is -0.382 e. The molecule has 1 saturated heterocycles. The Morgan fingerprint density at radius 2 is 1.50 bits per heavy atom. The molecule has 0 saturated carbocycles. The summed E-state index contributed by atoms with van der Waals surface area (Å²) in [6, 6.07) is 15.1. The van der Waals surface area contributed by atoms with Crippen molar-refractivity contribution in [1.82, 2.24) is 10.2 Å². The highest BCUT2D eigenvalue weighted by Crippen LogP contribution is 2.26. The second kappa shape index (κ2) is 6.00. The molecule has 1 aromatic heterocycles. The fraction of sp³-hybridized carbons (Fsp3) is 0.263. The van der Waals surface area contributed by atoms with E-state index in [2.05, 4.69) is 63.3 Å². The Bertz CT molecular complexity index is 851. The number of piperazine rings is 1. The molecule has 1 aliphatic rings. The quantitative estimate of drug-likeness (QED) is 0.787. The Hall–Kier alpha value is -2.82. The Kier molecular flexibility index (Phi) is 3.69. The molecule has 0 bridgehead atoms. The van der Waals surface area contributed by atoms with Crippen molar-refractivity contribution in [2.24, 2.45) is 0 Å². The zero-order valence-corrected chi connectivity index (χ0v) is 13.8. The molecule has 0 aliphatic carbocycles. The zero-order valence-electron chi connectivity index (χ0n) is 13.8. The van der Waals surface area contributed by atoms with E-state index in [1.165, 1.54) is 16.9 Å². The van der Waals surface area contributed by atoms with E-state index in [0.29, 0.717) is 5.82 Å². The molecule has 0 amide bonds. The highest BCUT2D eigenvalue weighted by atomic mass is 15.3. The molecule has 4 rings (SSSR count). The molecule has 5 heteroatoms. The van der Waals surface area contributed by atoms with Crippen molar-refractivity contribution in [2.75, 3.05) is 41.7 Å². The molecular weight excluding hydrogens is 298 g/mol. The lowest BCUT2D eigenvalue weighted by Crippen LogP contribution is -2.46. The summed E-state index contributed by atoms with van der Waals surface area (Å²) in [6.45, 7) is 6.19. The van der Waals surface area contributed by atoms with Crippen LogP contribution in [0.1, 0.15) is 5.56 Å². The second-order valence-corrected chi connectivity index (χ2v) is 6.31. The van der Waals surface area contributed by atoms with Crippen molar-refractivity contribution in [2.45, 2.75) is 6.92 Å². The summed E-state index contributed by atoms with van der Waals surface area (Å²) in [5, 5.41) is 9.87. The molecule has 0 spiro atoms. The highest BCUT2D eigenvalue weighted by Gasteiger charge is 2.18. The molecule has 0 radical (unpaired) electrons. The van der Waals surface area contributed by atoms with Crippen molar-refractivity contribution in [3.05, 3.63) is 54.2 Å². The number of fused-ring (bicyclic) bond motifs is 1. The van der Waals surface area contributed by atoms with Crippen LogP contribution in [0.2, 0.25) is 0 Å². The lowest BCUT2D eigenvalue weighted by molar-refractivity contribution is 0.654. The van der Waals surface area contributed by atoms with Crippen LogP contribution in [-0.4, -0.2) is 36.4 Å². The maximum Gasteiger partial charge on any atom is 0.153 e. The van der Waals surface area contributed by atoms with Crippen LogP contribution in [0.25, 0.3) is 10.8 Å². The lowest BCUT2D eigenvalue weighted by atomic mass is 10.1. The van der Waals surface area contributed by atoms with Gasteiger partial charge < -0.3 is 15.5 Å². The lowest BCUT2D eigenvalue weighted by Gasteiger charge is -2.37. The largest absolute Gasteiger partial charge is 0.382 e. The fourth-order valence-corrected chi connectivity index (χ4v) is 3.27. The summed E-state index contributed by atoms with van der Waals surface area (Å²) < 4.78 is 0. The third-order valence-corrected chi connectivity index (χ3v) is 4.72. The third-order valence-electron chi connectivity index (χ3n) is 4.72. The van der Waals surface area contributed by atoms with Gasteiger partial charge in [-0.2, -0.15) is 5.10 Å². The SMILES string of the molecule is Cc1ccc(N2CCN(c3ccc4c(N)nncc4c3)CC2)cc1. The number of rotatable bonds is 2. The first kappa shape index (κ1) is 14.8. The predicted molar refractivity (Wildman–Crippen MR) is 99.6 cm³/mol. The number of benzene rings is 2. The van der Waals surface area contributed by atoms with Crippen LogP contribution < -0.4 is 15.5 Å². The van der Waals surface area contributed by atoms with Gasteiger partial charge in [0.05, 0.1) is 6.20 Å². The van der Waals surface area contributed by atoms with Gasteiger partial charge in [-0.1, -0.05) is 17.7 Å². The van der Waals surface area contributed by atoms with E-state index in [1.54, 1.807) is 6.20 Å². The van der Waals surface area contributed by atoms with Gasteiger partial charge in [0.1, 0.15) is 0 Å². The van der Waals surface area contributed by atoms with E-state index in [1.807, 2.05) is 6.07 Å². The summed E-state index contributed by atoms with van der Waals surface area (Å²) in [6.07, 6.45) is 1.78. The number of aromatic nitrogens is 2. The van der Waals surface area contributed by atoms with E-state index in [4.69, 9.17) is 5.73 Å². The molecule has 122 valence electrons. The first-order valence-electron chi connectivity index (χ1n) is 8.28. The van der Waals surface area contributed by atoms with Crippen LogP contribution in [-0.2, 0) is 0 Å². The number of hydrogen-bond donors (Lipinski definition) is 1. The Balaban J connectivity index is 1.50. The molecule has 2 heterocycles. The van der Waals surface area contributed by atoms with Gasteiger partial charge in [-0.25, -0.2) is 0 Å². The summed E-state index contributed by atoms with van der Waals surface area (Å²) in [5.74, 6) is 0.489. The average molecular weight is 319 g/mol. The van der Waals surface area contributed by atoms with Crippen LogP contribution in [0.5, 0.6) is 0 Å². The van der Waals surface area contributed by atoms with Crippen molar-refractivity contribution in [3.8, 4) is 0 Å². The number of aryl methyl sites for hydroxylation is 1. The molecule has 1 aliphatic heterocycles. The Labute approximate surface area is 141 Å². The van der Waals surface area contributed by atoms with Crippen molar-refractivity contribution in [3.63, 3.8) is 0 Å². The maximum atomic E-state index is 5.88. The number of nitrogen functional groups attached to an aromatic ring is 1. The molecule has 2 N–H and O–H groups in total. The van der Waals surface area contributed by atoms with E-state index >= 15 is 0 Å². The minimum atomic E-state index is 0.489. The van der Waals surface area contributed by atoms with Crippen LogP contribution >= 0.6 is 0 Å². The van der Waals surface area contributed by atoms with Gasteiger partial charge in [-0.3, -0.25) is 0 Å². The number of nitrogens with two attached hydrogens (primary N) is 1. The van der Waals surface area contributed by atoms with Crippen LogP contribution in [0, 0.1) is 6.92 Å². The predicted octanol–water partition coefficient (Wildman–Crippen LogP) is 2.85. The molecule has 1 fully saturated rings. The van der Waals surface area contributed by atoms with Crippen molar-refractivity contribution >= 4 is 28.0 Å². The Morgan fingerprint density at radius 3 is 2.21 bits per heavy atom. The first-order chi connectivity index (χ1) is 11.7. The van der Waals surface area contributed by atoms with Gasteiger partial charge >= 0.3 is 0 Å². The number of nitrogens with zero attached hydrogens (tertiary/aromatic N) is 4. The average Bonchev–Trinajstić information content (AvgIpc) is 2.62. The van der Waals surface area contributed by atoms with Gasteiger partial charge in [-0.05, 0) is 37.3 Å². The third kappa shape index (κ3) is 2.73. The molecule has 5 nitrogen and oxygen atoms in total. The van der Waals surface area contributed by atoms with Crippen LogP contribution in [0.15, 0.2) is 48.7 Å². The molecule has 2 aromatic carbocycles. The number of hydrogen-bond acceptors (Lipinski definition) is 5. The molecular formula is C19H21N5. The summed E-state index contributed by atoms with van der Waals surface area (Å²) in [5.41, 5.74) is 9.71. The molecule has 0 unspecified atom stereocenters. The van der Waals surface area contributed by atoms with E-state index in [9.17, 15) is 0 Å². The van der Waals surface area contributed by atoms with Gasteiger partial charge in [0.25, 0.3) is 0 Å². The molecule has 3 aromatic rings. The standard InChI is InChI=1S/C19H21N5/c1-14-2-4-16(5-3-14)23-8-10-24(11-9-23)17-6-7-18-15(12-17)13-21-22-19(18)20/h2-7,12-13H,8-11H2,1H3,(H2,20,22). The van der Waals surface area contributed by atoms with Crippen molar-refractivity contribution in [1.29, 1.82) is 0 Å². The minimum absolute atomic E-state index is 0.489. The monoisotopic (exact) mass is 319 g/mol. The van der Waals surface area contributed by atoms with Gasteiger partial charge in [0.15, 0.2) is 5.82 Å². The van der Waals surface area contributed by atoms with Crippen molar-refractivity contribution < 1.29 is 0 Å². The van der Waals surface area contributed by atoms with E-state index in [-0.39, 0.29) is 0 Å². The fourth-order valence-electron chi connectivity index (χ4n) is 3.27. The molecule has 24 heavy (non-hydrogen) atoms. The van der Waals surface area contributed by atoms with Gasteiger partial charge in [-0.15, -0.1) is 5.10 Å². The summed E-state index contributed by atoms with van der Waals surface area (Å²) >= 11 is 0. The molecule has 0 atom stereocenters. The first-order valence-corrected chi connectivity index (χ1v) is 8.28. The van der Waals surface area contributed by atoms with Gasteiger partial charge in [0, 0.05) is 48.3 Å². The zero-order chi connectivity index (χ0) is 16.5. The van der Waals surface area contributed by atoms with Gasteiger partial charge in [0.2, 0.25) is 0 Å². The topological polar surface area (TPSA) is 58.3 Å². The van der Waals surface area contributed by atoms with Crippen LogP contribution in [0.3, 0.4) is 0 Å². The smallest absolute Gasteiger partial charge is 0.153 e. The Morgan fingerprint density at radius 1 is 0.875 bits per heavy atom. The van der Waals surface area contributed by atoms with Crippen LogP contribution in [0.4, 0.5) is 17.2 Å². The van der Waals surface area contributed by atoms with E-state index < -0.39 is 0 Å².